The zero-order valence-electron chi connectivity index (χ0n) is 15.2. The van der Waals surface area contributed by atoms with E-state index in [1.54, 1.807) is 12.1 Å². The third-order valence-corrected chi connectivity index (χ3v) is 3.78. The van der Waals surface area contributed by atoms with Crippen molar-refractivity contribution in [2.24, 2.45) is 0 Å². The molecular weight excluding hydrogens is 349 g/mol. The van der Waals surface area contributed by atoms with Crippen LogP contribution in [0.3, 0.4) is 0 Å². The first-order valence-electron chi connectivity index (χ1n) is 8.61. The van der Waals surface area contributed by atoms with Crippen molar-refractivity contribution in [1.82, 2.24) is 10.2 Å². The molecule has 0 aliphatic carbocycles. The Kier molecular flexibility index (Phi) is 8.41. The van der Waals surface area contributed by atoms with Gasteiger partial charge < -0.3 is 15.0 Å². The Morgan fingerprint density at radius 2 is 1.85 bits per heavy atom. The van der Waals surface area contributed by atoms with Gasteiger partial charge in [-0.2, -0.15) is 13.2 Å². The molecule has 1 aliphatic rings. The minimum Gasteiger partial charge on any atom is -0.440 e. The Labute approximate surface area is 151 Å². The molecule has 2 rings (SSSR count). The summed E-state index contributed by atoms with van der Waals surface area (Å²) < 4.78 is 40.6. The third-order valence-electron chi connectivity index (χ3n) is 3.78. The number of nitrogens with zero attached hydrogens (tertiary/aromatic N) is 1. The Morgan fingerprint density at radius 3 is 2.42 bits per heavy atom. The van der Waals surface area contributed by atoms with Crippen LogP contribution in [0.15, 0.2) is 24.3 Å². The summed E-state index contributed by atoms with van der Waals surface area (Å²) >= 11 is 0. The minimum absolute atomic E-state index is 0.174. The number of rotatable bonds is 4. The maximum atomic E-state index is 12.1. The van der Waals surface area contributed by atoms with E-state index in [1.165, 1.54) is 4.90 Å². The number of alkyl halides is 3. The molecule has 0 spiro atoms. The number of hydrogen-bond acceptors (Lipinski definition) is 3. The van der Waals surface area contributed by atoms with Gasteiger partial charge in [0.2, 0.25) is 0 Å². The second kappa shape index (κ2) is 10.0. The summed E-state index contributed by atoms with van der Waals surface area (Å²) in [5, 5.41) is 2.71. The smallest absolute Gasteiger partial charge is 0.422 e. The fourth-order valence-corrected chi connectivity index (χ4v) is 2.53. The maximum Gasteiger partial charge on any atom is 0.422 e. The van der Waals surface area contributed by atoms with Crippen LogP contribution < -0.4 is 5.32 Å². The van der Waals surface area contributed by atoms with E-state index in [2.05, 4.69) is 10.1 Å². The van der Waals surface area contributed by atoms with E-state index in [1.807, 2.05) is 32.9 Å². The van der Waals surface area contributed by atoms with Crippen LogP contribution in [0.1, 0.15) is 42.6 Å². The van der Waals surface area contributed by atoms with Crippen LogP contribution in [0.25, 0.3) is 0 Å². The molecule has 1 heterocycles. The van der Waals surface area contributed by atoms with E-state index in [4.69, 9.17) is 0 Å². The molecule has 0 radical (unpaired) electrons. The molecule has 0 unspecified atom stereocenters. The van der Waals surface area contributed by atoms with Crippen molar-refractivity contribution in [3.8, 4) is 0 Å². The van der Waals surface area contributed by atoms with E-state index in [0.717, 1.165) is 5.56 Å². The van der Waals surface area contributed by atoms with Crippen LogP contribution in [-0.2, 0) is 4.74 Å². The van der Waals surface area contributed by atoms with Gasteiger partial charge in [-0.1, -0.05) is 31.5 Å². The van der Waals surface area contributed by atoms with Gasteiger partial charge in [-0.25, -0.2) is 4.79 Å². The van der Waals surface area contributed by atoms with Crippen molar-refractivity contribution in [3.63, 3.8) is 0 Å². The fraction of sp³-hybridized carbons (Fsp3) is 0.556. The van der Waals surface area contributed by atoms with Gasteiger partial charge in [-0.3, -0.25) is 4.79 Å². The first-order valence-corrected chi connectivity index (χ1v) is 8.61. The molecule has 2 amide bonds. The number of halogens is 3. The molecule has 0 saturated carbocycles. The Bertz CT molecular complexity index is 588. The average molecular weight is 374 g/mol. The maximum absolute atomic E-state index is 12.1. The van der Waals surface area contributed by atoms with E-state index < -0.39 is 18.9 Å². The van der Waals surface area contributed by atoms with Gasteiger partial charge in [0.25, 0.3) is 5.91 Å². The predicted octanol–water partition coefficient (Wildman–Crippen LogP) is 3.91. The molecule has 1 N–H and O–H groups in total. The summed E-state index contributed by atoms with van der Waals surface area (Å²) in [4.78, 5) is 25.0. The van der Waals surface area contributed by atoms with E-state index in [0.29, 0.717) is 24.9 Å². The summed E-state index contributed by atoms with van der Waals surface area (Å²) in [6, 6.07) is 6.64. The molecule has 8 heteroatoms. The van der Waals surface area contributed by atoms with Crippen LogP contribution in [-0.4, -0.2) is 48.8 Å². The topological polar surface area (TPSA) is 58.6 Å². The highest BCUT2D eigenvalue weighted by atomic mass is 19.4. The second-order valence-corrected chi connectivity index (χ2v) is 5.74. The molecule has 1 atom stereocenters. The summed E-state index contributed by atoms with van der Waals surface area (Å²) in [6.07, 6.45) is -4.29. The number of aryl methyl sites for hydroxylation is 1. The quantitative estimate of drug-likeness (QED) is 0.869. The number of carbonyl (C=O) groups is 2. The zero-order valence-corrected chi connectivity index (χ0v) is 15.2. The van der Waals surface area contributed by atoms with Gasteiger partial charge >= 0.3 is 12.3 Å². The lowest BCUT2D eigenvalue weighted by Crippen LogP contribution is -2.44. The molecular formula is C18H25F3N2O3. The molecule has 1 fully saturated rings. The largest absolute Gasteiger partial charge is 0.440 e. The Hall–Kier alpha value is -2.25. The van der Waals surface area contributed by atoms with Gasteiger partial charge in [0, 0.05) is 18.7 Å². The fourth-order valence-electron chi connectivity index (χ4n) is 2.53. The van der Waals surface area contributed by atoms with E-state index in [-0.39, 0.29) is 18.5 Å². The van der Waals surface area contributed by atoms with E-state index in [9.17, 15) is 22.8 Å². The lowest BCUT2D eigenvalue weighted by molar-refractivity contribution is -0.162. The van der Waals surface area contributed by atoms with Crippen LogP contribution in [0, 0.1) is 6.92 Å². The molecule has 146 valence electrons. The molecule has 0 bridgehead atoms. The number of ether oxygens (including phenoxy) is 1. The molecule has 1 aromatic carbocycles. The Balaban J connectivity index is 0.00000163. The van der Waals surface area contributed by atoms with Crippen molar-refractivity contribution in [3.05, 3.63) is 35.4 Å². The standard InChI is InChI=1S/C16H19F3N2O3.C2H6/c1-11-4-6-12(7-5-11)14(22)20-9-13-3-2-8-21(13)15(23)24-10-16(17,18)19;1-2/h4-7,13H,2-3,8-10H2,1H3,(H,20,22);1-2H3/t13-;/m0./s1. The van der Waals surface area contributed by atoms with Crippen LogP contribution >= 0.6 is 0 Å². The number of nitrogens with one attached hydrogen (secondary N) is 1. The van der Waals surface area contributed by atoms with Crippen molar-refractivity contribution in [1.29, 1.82) is 0 Å². The lowest BCUT2D eigenvalue weighted by Gasteiger charge is -2.24. The highest BCUT2D eigenvalue weighted by Gasteiger charge is 2.34. The lowest BCUT2D eigenvalue weighted by atomic mass is 10.1. The van der Waals surface area contributed by atoms with E-state index >= 15 is 0 Å². The van der Waals surface area contributed by atoms with Gasteiger partial charge in [0.15, 0.2) is 6.61 Å². The van der Waals surface area contributed by atoms with Crippen molar-refractivity contribution < 1.29 is 27.5 Å². The molecule has 5 nitrogen and oxygen atoms in total. The van der Waals surface area contributed by atoms with Gasteiger partial charge in [0.1, 0.15) is 0 Å². The first kappa shape index (κ1) is 21.8. The van der Waals surface area contributed by atoms with Crippen LogP contribution in [0.4, 0.5) is 18.0 Å². The molecule has 1 aromatic rings. The normalized spacial score (nSPS) is 16.5. The number of amides is 2. The minimum atomic E-state index is -4.55. The summed E-state index contributed by atoms with van der Waals surface area (Å²) in [5.74, 6) is -0.287. The molecule has 1 aliphatic heterocycles. The predicted molar refractivity (Wildman–Crippen MR) is 92.0 cm³/mol. The second-order valence-electron chi connectivity index (χ2n) is 5.74. The van der Waals surface area contributed by atoms with Gasteiger partial charge in [-0.15, -0.1) is 0 Å². The zero-order chi connectivity index (χ0) is 19.7. The van der Waals surface area contributed by atoms with Crippen molar-refractivity contribution >= 4 is 12.0 Å². The molecule has 0 aromatic heterocycles. The monoisotopic (exact) mass is 374 g/mol. The number of carbonyl (C=O) groups excluding carboxylic acids is 2. The molecule has 26 heavy (non-hydrogen) atoms. The molecule has 1 saturated heterocycles. The van der Waals surface area contributed by atoms with Crippen molar-refractivity contribution in [2.45, 2.75) is 45.8 Å². The summed E-state index contributed by atoms with van der Waals surface area (Å²) in [7, 11) is 0. The first-order chi connectivity index (χ1) is 12.3. The number of benzene rings is 1. The van der Waals surface area contributed by atoms with Crippen LogP contribution in [0.2, 0.25) is 0 Å². The number of hydrogen-bond donors (Lipinski definition) is 1. The van der Waals surface area contributed by atoms with Gasteiger partial charge in [0.05, 0.1) is 6.04 Å². The number of likely N-dealkylation sites (tertiary alicyclic amines) is 1. The van der Waals surface area contributed by atoms with Crippen molar-refractivity contribution in [2.75, 3.05) is 19.7 Å². The summed E-state index contributed by atoms with van der Waals surface area (Å²) in [5.41, 5.74) is 1.52. The van der Waals surface area contributed by atoms with Crippen LogP contribution in [0.5, 0.6) is 0 Å². The highest BCUT2D eigenvalue weighted by Crippen LogP contribution is 2.20. The third kappa shape index (κ3) is 6.93. The average Bonchev–Trinajstić information content (AvgIpc) is 3.08. The highest BCUT2D eigenvalue weighted by molar-refractivity contribution is 5.94. The Morgan fingerprint density at radius 1 is 1.23 bits per heavy atom. The van der Waals surface area contributed by atoms with Gasteiger partial charge in [-0.05, 0) is 31.9 Å². The summed E-state index contributed by atoms with van der Waals surface area (Å²) in [6.45, 7) is 4.80. The SMILES string of the molecule is CC.Cc1ccc(C(=O)NC[C@@H]2CCCN2C(=O)OCC(F)(F)F)cc1.